The molecule has 1 heterocycles. The van der Waals surface area contributed by atoms with Gasteiger partial charge in [0.2, 0.25) is 5.91 Å². The largest absolute Gasteiger partial charge is 0.352 e. The molecule has 1 aliphatic carbocycles. The lowest BCUT2D eigenvalue weighted by Gasteiger charge is -2.30. The van der Waals surface area contributed by atoms with Crippen molar-refractivity contribution in [3.8, 4) is 0 Å². The van der Waals surface area contributed by atoms with Crippen molar-refractivity contribution in [3.63, 3.8) is 0 Å². The van der Waals surface area contributed by atoms with Crippen LogP contribution in [0.25, 0.3) is 0 Å². The highest BCUT2D eigenvalue weighted by Gasteiger charge is 2.29. The third-order valence-corrected chi connectivity index (χ3v) is 3.98. The molecular weight excluding hydrogens is 226 g/mol. The molecule has 0 aromatic heterocycles. The Kier molecular flexibility index (Phi) is 5.01. The second-order valence-electron chi connectivity index (χ2n) is 5.75. The molecule has 104 valence electrons. The summed E-state index contributed by atoms with van der Waals surface area (Å²) in [7, 11) is 0. The lowest BCUT2D eigenvalue weighted by molar-refractivity contribution is -0.126. The van der Waals surface area contributed by atoms with Crippen LogP contribution in [0.5, 0.6) is 0 Å². The van der Waals surface area contributed by atoms with E-state index in [-0.39, 0.29) is 11.9 Å². The Balaban J connectivity index is 1.83. The minimum atomic E-state index is 0.00736. The van der Waals surface area contributed by atoms with E-state index in [1.807, 2.05) is 6.92 Å². The number of rotatable bonds is 7. The molecule has 0 spiro atoms. The Labute approximate surface area is 110 Å². The van der Waals surface area contributed by atoms with E-state index >= 15 is 0 Å². The molecule has 2 N–H and O–H groups in total. The summed E-state index contributed by atoms with van der Waals surface area (Å²) in [5, 5.41) is 6.64. The van der Waals surface area contributed by atoms with Crippen LogP contribution in [0.2, 0.25) is 0 Å². The van der Waals surface area contributed by atoms with Gasteiger partial charge in [-0.1, -0.05) is 6.92 Å². The summed E-state index contributed by atoms with van der Waals surface area (Å²) >= 11 is 0. The fraction of sp³-hybridized carbons (Fsp3) is 0.929. The van der Waals surface area contributed by atoms with Gasteiger partial charge in [-0.2, -0.15) is 0 Å². The number of nitrogens with one attached hydrogen (secondary N) is 2. The Bertz CT molecular complexity index is 272. The first-order valence-electron chi connectivity index (χ1n) is 7.48. The van der Waals surface area contributed by atoms with Crippen molar-refractivity contribution in [1.82, 2.24) is 15.5 Å². The molecular formula is C14H27N3O. The summed E-state index contributed by atoms with van der Waals surface area (Å²) in [5.41, 5.74) is 0. The van der Waals surface area contributed by atoms with Gasteiger partial charge in [-0.05, 0) is 52.1 Å². The second-order valence-corrected chi connectivity index (χ2v) is 5.75. The molecule has 0 aromatic rings. The van der Waals surface area contributed by atoms with E-state index in [9.17, 15) is 4.79 Å². The van der Waals surface area contributed by atoms with E-state index in [4.69, 9.17) is 0 Å². The van der Waals surface area contributed by atoms with E-state index in [0.717, 1.165) is 38.9 Å². The van der Waals surface area contributed by atoms with Gasteiger partial charge < -0.3 is 10.6 Å². The predicted molar refractivity (Wildman–Crippen MR) is 73.5 cm³/mol. The molecule has 2 rings (SSSR count). The zero-order chi connectivity index (χ0) is 13.0. The maximum atomic E-state index is 12.1. The zero-order valence-corrected chi connectivity index (χ0v) is 11.7. The van der Waals surface area contributed by atoms with Crippen molar-refractivity contribution in [2.45, 2.75) is 64.1 Å². The Hall–Kier alpha value is -0.610. The number of carbonyl (C=O) groups is 1. The Morgan fingerprint density at radius 3 is 2.78 bits per heavy atom. The first kappa shape index (κ1) is 13.8. The first-order chi connectivity index (χ1) is 8.70. The smallest absolute Gasteiger partial charge is 0.237 e. The molecule has 4 heteroatoms. The van der Waals surface area contributed by atoms with Crippen molar-refractivity contribution in [1.29, 1.82) is 0 Å². The van der Waals surface area contributed by atoms with E-state index in [1.54, 1.807) is 0 Å². The average molecular weight is 253 g/mol. The number of carbonyl (C=O) groups excluding carboxylic acids is 1. The van der Waals surface area contributed by atoms with Gasteiger partial charge in [0, 0.05) is 18.6 Å². The predicted octanol–water partition coefficient (Wildman–Crippen LogP) is 1.12. The monoisotopic (exact) mass is 253 g/mol. The molecule has 18 heavy (non-hydrogen) atoms. The molecule has 0 aromatic carbocycles. The van der Waals surface area contributed by atoms with Gasteiger partial charge in [0.1, 0.15) is 0 Å². The highest BCUT2D eigenvalue weighted by Crippen LogP contribution is 2.19. The van der Waals surface area contributed by atoms with E-state index in [2.05, 4.69) is 22.5 Å². The third kappa shape index (κ3) is 3.95. The van der Waals surface area contributed by atoms with Crippen molar-refractivity contribution in [3.05, 3.63) is 0 Å². The van der Waals surface area contributed by atoms with Gasteiger partial charge in [-0.15, -0.1) is 0 Å². The third-order valence-electron chi connectivity index (χ3n) is 3.98. The molecule has 1 amide bonds. The number of hydrogen-bond acceptors (Lipinski definition) is 3. The van der Waals surface area contributed by atoms with Gasteiger partial charge in [-0.25, -0.2) is 0 Å². The van der Waals surface area contributed by atoms with Gasteiger partial charge in [0.15, 0.2) is 0 Å². The SMILES string of the molecule is CCCN(CC1CCCN1)C(C)C(=O)NC1CC1. The molecule has 2 unspecified atom stereocenters. The standard InChI is InChI=1S/C14H27N3O/c1-3-9-17(10-13-5-4-8-15-13)11(2)14(18)16-12-6-7-12/h11-13,15H,3-10H2,1-2H3,(H,16,18). The maximum absolute atomic E-state index is 12.1. The van der Waals surface area contributed by atoms with Gasteiger partial charge >= 0.3 is 0 Å². The van der Waals surface area contributed by atoms with E-state index in [0.29, 0.717) is 12.1 Å². The van der Waals surface area contributed by atoms with Gasteiger partial charge in [-0.3, -0.25) is 9.69 Å². The Morgan fingerprint density at radius 1 is 1.44 bits per heavy atom. The number of nitrogens with zero attached hydrogens (tertiary/aromatic N) is 1. The molecule has 2 atom stereocenters. The highest BCUT2D eigenvalue weighted by atomic mass is 16.2. The van der Waals surface area contributed by atoms with Crippen LogP contribution in [0.1, 0.15) is 46.0 Å². The lowest BCUT2D eigenvalue weighted by atomic mass is 10.1. The zero-order valence-electron chi connectivity index (χ0n) is 11.7. The fourth-order valence-corrected chi connectivity index (χ4v) is 2.64. The maximum Gasteiger partial charge on any atom is 0.237 e. The summed E-state index contributed by atoms with van der Waals surface area (Å²) < 4.78 is 0. The van der Waals surface area contributed by atoms with Crippen LogP contribution < -0.4 is 10.6 Å². The summed E-state index contributed by atoms with van der Waals surface area (Å²) in [6, 6.07) is 1.05. The van der Waals surface area contributed by atoms with E-state index < -0.39 is 0 Å². The van der Waals surface area contributed by atoms with Crippen LogP contribution in [0.15, 0.2) is 0 Å². The molecule has 4 nitrogen and oxygen atoms in total. The summed E-state index contributed by atoms with van der Waals surface area (Å²) in [6.45, 7) is 7.38. The topological polar surface area (TPSA) is 44.4 Å². The van der Waals surface area contributed by atoms with Crippen LogP contribution in [-0.4, -0.2) is 48.6 Å². The van der Waals surface area contributed by atoms with Crippen LogP contribution in [0.3, 0.4) is 0 Å². The van der Waals surface area contributed by atoms with Crippen molar-refractivity contribution < 1.29 is 4.79 Å². The molecule has 1 saturated heterocycles. The molecule has 1 saturated carbocycles. The summed E-state index contributed by atoms with van der Waals surface area (Å²) in [6.07, 6.45) is 5.95. The second kappa shape index (κ2) is 6.53. The van der Waals surface area contributed by atoms with Crippen molar-refractivity contribution in [2.24, 2.45) is 0 Å². The summed E-state index contributed by atoms with van der Waals surface area (Å²) in [5.74, 6) is 0.212. The molecule has 2 aliphatic rings. The average Bonchev–Trinajstić information content (AvgIpc) is 3.02. The lowest BCUT2D eigenvalue weighted by Crippen LogP contribution is -2.49. The molecule has 1 aliphatic heterocycles. The van der Waals surface area contributed by atoms with Gasteiger partial charge in [0.25, 0.3) is 0 Å². The van der Waals surface area contributed by atoms with Crippen LogP contribution in [0, 0.1) is 0 Å². The van der Waals surface area contributed by atoms with Crippen molar-refractivity contribution in [2.75, 3.05) is 19.6 Å². The summed E-state index contributed by atoms with van der Waals surface area (Å²) in [4.78, 5) is 14.4. The van der Waals surface area contributed by atoms with Crippen molar-refractivity contribution >= 4 is 5.91 Å². The quantitative estimate of drug-likeness (QED) is 0.714. The highest BCUT2D eigenvalue weighted by molar-refractivity contribution is 5.81. The first-order valence-corrected chi connectivity index (χ1v) is 7.48. The van der Waals surface area contributed by atoms with Crippen LogP contribution >= 0.6 is 0 Å². The Morgan fingerprint density at radius 2 is 2.22 bits per heavy atom. The molecule has 0 radical (unpaired) electrons. The number of hydrogen-bond donors (Lipinski definition) is 2. The van der Waals surface area contributed by atoms with Crippen LogP contribution in [0.4, 0.5) is 0 Å². The van der Waals surface area contributed by atoms with E-state index in [1.165, 1.54) is 12.8 Å². The van der Waals surface area contributed by atoms with Gasteiger partial charge in [0.05, 0.1) is 6.04 Å². The fourth-order valence-electron chi connectivity index (χ4n) is 2.64. The molecule has 0 bridgehead atoms. The minimum absolute atomic E-state index is 0.00736. The number of amides is 1. The minimum Gasteiger partial charge on any atom is -0.352 e. The molecule has 2 fully saturated rings. The normalized spacial score (nSPS) is 25.4. The van der Waals surface area contributed by atoms with Crippen LogP contribution in [-0.2, 0) is 4.79 Å².